The van der Waals surface area contributed by atoms with Gasteiger partial charge in [0.15, 0.2) is 23.0 Å². The van der Waals surface area contributed by atoms with Gasteiger partial charge in [0, 0.05) is 6.08 Å². The van der Waals surface area contributed by atoms with E-state index in [9.17, 15) is 9.90 Å². The Morgan fingerprint density at radius 1 is 1.00 bits per heavy atom. The van der Waals surface area contributed by atoms with Crippen molar-refractivity contribution in [2.45, 2.75) is 0 Å². The van der Waals surface area contributed by atoms with Crippen molar-refractivity contribution >= 4 is 18.1 Å². The van der Waals surface area contributed by atoms with Crippen LogP contribution in [0, 0.1) is 0 Å². The topological polar surface area (TPSA) is 65.0 Å². The Labute approximate surface area is 140 Å². The van der Waals surface area contributed by atoms with Gasteiger partial charge >= 0.3 is 5.97 Å². The minimum absolute atomic E-state index is 0.0317. The van der Waals surface area contributed by atoms with Gasteiger partial charge in [-0.05, 0) is 41.5 Å². The lowest BCUT2D eigenvalue weighted by Gasteiger charge is -2.08. The first-order valence-corrected chi connectivity index (χ1v) is 7.14. The molecule has 0 saturated heterocycles. The molecular formula is C19H18O5. The number of phenolic OH excluding ortho intramolecular Hbond substituents is 1. The standard InChI is InChI=1S/C19H18O5/c1-4-13-6-9-16(18(11-13)23-3)24-19(21)10-7-14-5-8-15(20)17(12-14)22-2/h4-12,20H,1H2,2-3H3/b10-7+. The van der Waals surface area contributed by atoms with Gasteiger partial charge in [-0.2, -0.15) is 0 Å². The lowest BCUT2D eigenvalue weighted by molar-refractivity contribution is -0.129. The molecule has 2 aromatic carbocycles. The fourth-order valence-corrected chi connectivity index (χ4v) is 2.00. The van der Waals surface area contributed by atoms with Crippen LogP contribution in [0.1, 0.15) is 11.1 Å². The molecule has 0 spiro atoms. The van der Waals surface area contributed by atoms with E-state index in [-0.39, 0.29) is 5.75 Å². The number of rotatable bonds is 6. The second-order valence-corrected chi connectivity index (χ2v) is 4.80. The Hall–Kier alpha value is -3.21. The zero-order chi connectivity index (χ0) is 17.5. The molecule has 0 aromatic heterocycles. The average Bonchev–Trinajstić information content (AvgIpc) is 2.61. The van der Waals surface area contributed by atoms with Crippen molar-refractivity contribution in [2.24, 2.45) is 0 Å². The summed E-state index contributed by atoms with van der Waals surface area (Å²) < 4.78 is 15.5. The molecule has 0 bridgehead atoms. The number of benzene rings is 2. The maximum absolute atomic E-state index is 12.0. The second-order valence-electron chi connectivity index (χ2n) is 4.80. The Kier molecular flexibility index (Phi) is 5.63. The summed E-state index contributed by atoms with van der Waals surface area (Å²) in [7, 11) is 2.95. The van der Waals surface area contributed by atoms with Crippen molar-refractivity contribution in [1.82, 2.24) is 0 Å². The van der Waals surface area contributed by atoms with Crippen LogP contribution >= 0.6 is 0 Å². The molecule has 0 radical (unpaired) electrons. The van der Waals surface area contributed by atoms with E-state index >= 15 is 0 Å². The predicted molar refractivity (Wildman–Crippen MR) is 92.4 cm³/mol. The molecule has 0 aliphatic rings. The molecule has 1 N–H and O–H groups in total. The van der Waals surface area contributed by atoms with Crippen molar-refractivity contribution < 1.29 is 24.1 Å². The van der Waals surface area contributed by atoms with Gasteiger partial charge in [0.2, 0.25) is 0 Å². The highest BCUT2D eigenvalue weighted by atomic mass is 16.6. The van der Waals surface area contributed by atoms with Crippen LogP contribution in [-0.2, 0) is 4.79 Å². The highest BCUT2D eigenvalue weighted by Gasteiger charge is 2.08. The van der Waals surface area contributed by atoms with Crippen LogP contribution in [0.3, 0.4) is 0 Å². The number of carbonyl (C=O) groups excluding carboxylic acids is 1. The highest BCUT2D eigenvalue weighted by Crippen LogP contribution is 2.29. The number of methoxy groups -OCH3 is 2. The van der Waals surface area contributed by atoms with Gasteiger partial charge in [-0.1, -0.05) is 24.8 Å². The molecule has 5 heteroatoms. The van der Waals surface area contributed by atoms with Crippen LogP contribution in [0.15, 0.2) is 49.1 Å². The fourth-order valence-electron chi connectivity index (χ4n) is 2.00. The van der Waals surface area contributed by atoms with E-state index in [2.05, 4.69) is 6.58 Å². The van der Waals surface area contributed by atoms with Gasteiger partial charge in [0.25, 0.3) is 0 Å². The normalized spacial score (nSPS) is 10.4. The van der Waals surface area contributed by atoms with Crippen molar-refractivity contribution in [1.29, 1.82) is 0 Å². The van der Waals surface area contributed by atoms with Gasteiger partial charge in [-0.3, -0.25) is 0 Å². The summed E-state index contributed by atoms with van der Waals surface area (Å²) in [5, 5.41) is 9.55. The smallest absolute Gasteiger partial charge is 0.336 e. The second kappa shape index (κ2) is 7.87. The molecule has 5 nitrogen and oxygen atoms in total. The number of ether oxygens (including phenoxy) is 3. The van der Waals surface area contributed by atoms with Crippen molar-refractivity contribution in [3.05, 3.63) is 60.2 Å². The summed E-state index contributed by atoms with van der Waals surface area (Å²) in [4.78, 5) is 12.0. The van der Waals surface area contributed by atoms with Crippen molar-refractivity contribution in [2.75, 3.05) is 14.2 Å². The van der Waals surface area contributed by atoms with Crippen molar-refractivity contribution in [3.8, 4) is 23.0 Å². The molecule has 0 aliphatic heterocycles. The van der Waals surface area contributed by atoms with Crippen LogP contribution in [-0.4, -0.2) is 25.3 Å². The first-order valence-electron chi connectivity index (χ1n) is 7.14. The number of phenols is 1. The molecule has 0 aliphatic carbocycles. The first kappa shape index (κ1) is 17.1. The molecule has 0 saturated carbocycles. The molecule has 0 atom stereocenters. The van der Waals surface area contributed by atoms with Gasteiger partial charge in [0.1, 0.15) is 0 Å². The summed E-state index contributed by atoms with van der Waals surface area (Å²) in [6.45, 7) is 3.68. The van der Waals surface area contributed by atoms with Crippen molar-refractivity contribution in [3.63, 3.8) is 0 Å². The maximum atomic E-state index is 12.0. The number of hydrogen-bond acceptors (Lipinski definition) is 5. The van der Waals surface area contributed by atoms with Gasteiger partial charge < -0.3 is 19.3 Å². The summed E-state index contributed by atoms with van der Waals surface area (Å²) >= 11 is 0. The van der Waals surface area contributed by atoms with E-state index < -0.39 is 5.97 Å². The largest absolute Gasteiger partial charge is 0.504 e. The van der Waals surface area contributed by atoms with E-state index in [1.165, 1.54) is 26.4 Å². The maximum Gasteiger partial charge on any atom is 0.336 e. The van der Waals surface area contributed by atoms with Crippen LogP contribution in [0.4, 0.5) is 0 Å². The molecule has 2 aromatic rings. The number of hydrogen-bond donors (Lipinski definition) is 1. The minimum atomic E-state index is -0.549. The average molecular weight is 326 g/mol. The zero-order valence-electron chi connectivity index (χ0n) is 13.5. The number of esters is 1. The van der Waals surface area contributed by atoms with E-state index in [4.69, 9.17) is 14.2 Å². The van der Waals surface area contributed by atoms with Crippen LogP contribution in [0.2, 0.25) is 0 Å². The van der Waals surface area contributed by atoms with Gasteiger partial charge in [0.05, 0.1) is 14.2 Å². The van der Waals surface area contributed by atoms with Crippen LogP contribution in [0.5, 0.6) is 23.0 Å². The van der Waals surface area contributed by atoms with E-state index in [0.29, 0.717) is 22.8 Å². The Morgan fingerprint density at radius 2 is 1.67 bits per heavy atom. The summed E-state index contributed by atoms with van der Waals surface area (Å²) in [5.41, 5.74) is 1.55. The van der Waals surface area contributed by atoms with E-state index in [1.807, 2.05) is 0 Å². The first-order chi connectivity index (χ1) is 11.6. The van der Waals surface area contributed by atoms with E-state index in [0.717, 1.165) is 5.56 Å². The molecule has 24 heavy (non-hydrogen) atoms. The molecule has 0 unspecified atom stereocenters. The van der Waals surface area contributed by atoms with Gasteiger partial charge in [-0.25, -0.2) is 4.79 Å². The Bertz CT molecular complexity index is 777. The molecule has 0 heterocycles. The lowest BCUT2D eigenvalue weighted by Crippen LogP contribution is -2.05. The SMILES string of the molecule is C=Cc1ccc(OC(=O)/C=C/c2ccc(O)c(OC)c2)c(OC)c1. The third-order valence-corrected chi connectivity index (χ3v) is 3.25. The Balaban J connectivity index is 2.12. The summed E-state index contributed by atoms with van der Waals surface area (Å²) in [6.07, 6.45) is 4.52. The highest BCUT2D eigenvalue weighted by molar-refractivity contribution is 5.89. The molecule has 0 amide bonds. The molecule has 0 fully saturated rings. The minimum Gasteiger partial charge on any atom is -0.504 e. The quantitative estimate of drug-likeness (QED) is 0.498. The molecule has 2 rings (SSSR count). The van der Waals surface area contributed by atoms with Crippen LogP contribution in [0.25, 0.3) is 12.2 Å². The zero-order valence-corrected chi connectivity index (χ0v) is 13.5. The fraction of sp³-hybridized carbons (Fsp3) is 0.105. The monoisotopic (exact) mass is 326 g/mol. The Morgan fingerprint density at radius 3 is 2.33 bits per heavy atom. The summed E-state index contributed by atoms with van der Waals surface area (Å²) in [6, 6.07) is 9.89. The third-order valence-electron chi connectivity index (χ3n) is 3.25. The van der Waals surface area contributed by atoms with Gasteiger partial charge in [-0.15, -0.1) is 0 Å². The van der Waals surface area contributed by atoms with E-state index in [1.54, 1.807) is 42.5 Å². The number of carbonyl (C=O) groups is 1. The lowest BCUT2D eigenvalue weighted by atomic mass is 10.2. The predicted octanol–water partition coefficient (Wildman–Crippen LogP) is 3.67. The number of aromatic hydroxyl groups is 1. The molecule has 124 valence electrons. The molecular weight excluding hydrogens is 308 g/mol. The third kappa shape index (κ3) is 4.16. The van der Waals surface area contributed by atoms with Crippen LogP contribution < -0.4 is 14.2 Å². The summed E-state index contributed by atoms with van der Waals surface area (Å²) in [5.74, 6) is 0.574.